The summed E-state index contributed by atoms with van der Waals surface area (Å²) in [6.45, 7) is 3.62. The summed E-state index contributed by atoms with van der Waals surface area (Å²) >= 11 is 0. The van der Waals surface area contributed by atoms with Crippen LogP contribution in [0.2, 0.25) is 0 Å². The highest BCUT2D eigenvalue weighted by molar-refractivity contribution is 5.95. The Morgan fingerprint density at radius 1 is 0.773 bits per heavy atom. The molecule has 4 rings (SSSR count). The van der Waals surface area contributed by atoms with Crippen molar-refractivity contribution in [1.82, 2.24) is 58.2 Å². The highest BCUT2D eigenvalue weighted by Crippen LogP contribution is 2.20. The smallest absolute Gasteiger partial charge is 0.243 e. The molecular formula is C50H78N16O9. The second-order valence-corrected chi connectivity index (χ2v) is 18.7. The van der Waals surface area contributed by atoms with Crippen LogP contribution in [0.4, 0.5) is 0 Å². The lowest BCUT2D eigenvalue weighted by Gasteiger charge is -2.32. The zero-order chi connectivity index (χ0) is 54.9. The Balaban J connectivity index is 1.76. The van der Waals surface area contributed by atoms with E-state index >= 15 is 0 Å². The number of primary amides is 1. The second-order valence-electron chi connectivity index (χ2n) is 18.7. The monoisotopic (exact) mass is 1050 g/mol. The van der Waals surface area contributed by atoms with E-state index in [9.17, 15) is 43.8 Å². The van der Waals surface area contributed by atoms with E-state index in [4.69, 9.17) is 28.0 Å². The molecule has 1 saturated heterocycles. The van der Waals surface area contributed by atoms with Crippen LogP contribution in [-0.2, 0) is 46.4 Å². The summed E-state index contributed by atoms with van der Waals surface area (Å²) in [6.07, 6.45) is 0.607. The summed E-state index contributed by atoms with van der Waals surface area (Å²) in [7, 11) is 0. The number of carbonyl (C=O) groups is 7. The summed E-state index contributed by atoms with van der Waals surface area (Å²) in [4.78, 5) is 99.9. The van der Waals surface area contributed by atoms with E-state index in [-0.39, 0.29) is 82.9 Å². The van der Waals surface area contributed by atoms with Gasteiger partial charge in [-0.05, 0) is 75.0 Å². The van der Waals surface area contributed by atoms with Crippen molar-refractivity contribution in [2.75, 3.05) is 19.6 Å². The summed E-state index contributed by atoms with van der Waals surface area (Å²) in [5.41, 5.74) is 18.9. The largest absolute Gasteiger partial charge is 0.376 e. The number of aliphatic hydroxyl groups excluding tert-OH is 2. The number of aliphatic hydroxyl groups is 2. The Bertz CT molecular complexity index is 2370. The highest BCUT2D eigenvalue weighted by atomic mass is 16.3. The molecule has 1 fully saturated rings. The quantitative estimate of drug-likeness (QED) is 0.0248. The van der Waals surface area contributed by atoms with Gasteiger partial charge >= 0.3 is 0 Å². The van der Waals surface area contributed by atoms with Crippen LogP contribution in [0.1, 0.15) is 95.6 Å². The van der Waals surface area contributed by atoms with E-state index in [1.54, 1.807) is 36.5 Å². The van der Waals surface area contributed by atoms with Crippen molar-refractivity contribution in [2.24, 2.45) is 17.2 Å². The molecule has 0 aliphatic carbocycles. The third-order valence-electron chi connectivity index (χ3n) is 12.7. The molecule has 0 saturated carbocycles. The van der Waals surface area contributed by atoms with Crippen molar-refractivity contribution < 1.29 is 43.8 Å². The second kappa shape index (κ2) is 31.4. The number of carbonyl (C=O) groups excluding carboxylic acids is 7. The first-order chi connectivity index (χ1) is 35.8. The van der Waals surface area contributed by atoms with E-state index in [1.165, 1.54) is 6.92 Å². The Morgan fingerprint density at radius 3 is 2.11 bits per heavy atom. The molecule has 0 bridgehead atoms. The minimum Gasteiger partial charge on any atom is -0.376 e. The lowest BCUT2D eigenvalue weighted by Crippen LogP contribution is -2.62. The molecule has 0 spiro atoms. The average Bonchev–Trinajstić information content (AvgIpc) is 3.77. The molecule has 25 nitrogen and oxygen atoms in total. The predicted molar refractivity (Wildman–Crippen MR) is 282 cm³/mol. The molecule has 412 valence electrons. The number of aromatic amines is 1. The zero-order valence-corrected chi connectivity index (χ0v) is 42.8. The number of H-pyrrole nitrogens is 1. The topological polar surface area (TPSA) is 422 Å². The fourth-order valence-corrected chi connectivity index (χ4v) is 8.67. The van der Waals surface area contributed by atoms with E-state index < -0.39 is 103 Å². The molecule has 1 aliphatic rings. The van der Waals surface area contributed by atoms with Crippen molar-refractivity contribution >= 4 is 64.2 Å². The summed E-state index contributed by atoms with van der Waals surface area (Å²) in [6, 6.07) is 7.68. The number of benzene rings is 2. The molecule has 7 amide bonds. The molecular weight excluding hydrogens is 969 g/mol. The van der Waals surface area contributed by atoms with Crippen LogP contribution in [0.3, 0.4) is 0 Å². The standard InChI is InChI=1S/C50H78N16O9/c1-3-4-17-36-44(71)64-38(25-30-14-6-5-7-15-30)46(73)63-37(21-13-24-58-50(54)55)45(72)65-39(26-31-28-59-33-18-9-8-16-32(31)33)47(74)61-34(42(51)69)19-10-11-22-56-41(68)27-40(48(75)62-36)66-43(70)35(60-29(2)67)20-12-23-57-49(52)53/h5-9,14-16,18,28,34-40,43-44,59,64,66,70-71H,3-4,10-13,17,19-27H2,1-2H3,(H2,51,69)(H,56,68)(H,60,67)(H,61,74)(H,62,75)(H,63,73)(H,65,72)(H4,52,53,57)(H4,54,55,58)/t34-,35-,36+,37-,38+,39-,40-,43?,44?/m0/s1. The molecule has 9 atom stereocenters. The lowest BCUT2D eigenvalue weighted by molar-refractivity contribution is -0.134. The van der Waals surface area contributed by atoms with Crippen LogP contribution >= 0.6 is 0 Å². The van der Waals surface area contributed by atoms with E-state index in [0.717, 1.165) is 10.9 Å². The molecule has 2 aromatic carbocycles. The van der Waals surface area contributed by atoms with Crippen LogP contribution in [0, 0.1) is 10.8 Å². The van der Waals surface area contributed by atoms with Crippen LogP contribution in [-0.4, -0.2) is 143 Å². The van der Waals surface area contributed by atoms with Gasteiger partial charge in [-0.3, -0.25) is 55.0 Å². The molecule has 0 radical (unpaired) electrons. The van der Waals surface area contributed by atoms with Crippen molar-refractivity contribution in [1.29, 1.82) is 10.8 Å². The Hall–Kier alpha value is -7.35. The fourth-order valence-electron chi connectivity index (χ4n) is 8.67. The maximum atomic E-state index is 14.7. The predicted octanol–water partition coefficient (Wildman–Crippen LogP) is -2.16. The molecule has 1 aromatic heterocycles. The minimum absolute atomic E-state index is 0.00985. The van der Waals surface area contributed by atoms with Gasteiger partial charge in [0.05, 0.1) is 30.6 Å². The number of aromatic nitrogens is 1. The minimum atomic E-state index is -1.61. The van der Waals surface area contributed by atoms with Gasteiger partial charge in [0.1, 0.15) is 30.6 Å². The highest BCUT2D eigenvalue weighted by Gasteiger charge is 2.35. The van der Waals surface area contributed by atoms with Crippen LogP contribution in [0.5, 0.6) is 0 Å². The summed E-state index contributed by atoms with van der Waals surface area (Å²) < 4.78 is 0. The SMILES string of the molecule is CCCC[C@H]1NC(=O)[C@@H](NC(O)[C@H](CCCNC(=N)N)NC(C)=O)CC(=O)NCCCC[C@@H](C(N)=O)NC(=O)[C@H](Cc2c[nH]c3ccccc23)NC(=O)[C@H](CCCNC(=N)N)NC(=O)[C@@H](Cc2ccccc2)NC1O. The molecule has 75 heavy (non-hydrogen) atoms. The number of hydrogen-bond acceptors (Lipinski definition) is 13. The van der Waals surface area contributed by atoms with Crippen LogP contribution < -0.4 is 70.4 Å². The normalized spacial score (nSPS) is 22.7. The number of nitrogens with one attached hydrogen (secondary N) is 13. The third kappa shape index (κ3) is 21.2. The molecule has 2 heterocycles. The molecule has 2 unspecified atom stereocenters. The summed E-state index contributed by atoms with van der Waals surface area (Å²) in [5.74, 6) is -5.53. The van der Waals surface area contributed by atoms with Crippen molar-refractivity contribution in [3.63, 3.8) is 0 Å². The van der Waals surface area contributed by atoms with E-state index in [0.29, 0.717) is 36.8 Å². The third-order valence-corrected chi connectivity index (χ3v) is 12.7. The van der Waals surface area contributed by atoms with Gasteiger partial charge in [0.15, 0.2) is 11.9 Å². The number of unbranched alkanes of at least 4 members (excludes halogenated alkanes) is 1. The van der Waals surface area contributed by atoms with Crippen LogP contribution in [0.25, 0.3) is 10.9 Å². The van der Waals surface area contributed by atoms with Gasteiger partial charge in [0, 0.05) is 50.1 Å². The number of rotatable bonds is 20. The maximum Gasteiger partial charge on any atom is 0.243 e. The zero-order valence-electron chi connectivity index (χ0n) is 42.8. The van der Waals surface area contributed by atoms with Gasteiger partial charge < -0.3 is 74.9 Å². The Morgan fingerprint density at radius 2 is 1.43 bits per heavy atom. The van der Waals surface area contributed by atoms with Crippen LogP contribution in [0.15, 0.2) is 60.8 Å². The van der Waals surface area contributed by atoms with Gasteiger partial charge in [0.2, 0.25) is 41.4 Å². The van der Waals surface area contributed by atoms with Gasteiger partial charge in [0.25, 0.3) is 0 Å². The van der Waals surface area contributed by atoms with Gasteiger partial charge in [-0.2, -0.15) is 0 Å². The number of guanidine groups is 2. The number of nitrogens with two attached hydrogens (primary N) is 3. The number of para-hydroxylation sites is 1. The number of hydrogen-bond donors (Lipinski definition) is 18. The molecule has 3 aromatic rings. The maximum absolute atomic E-state index is 14.7. The van der Waals surface area contributed by atoms with Crippen molar-refractivity contribution in [3.05, 3.63) is 71.9 Å². The summed E-state index contributed by atoms with van der Waals surface area (Å²) in [5, 5.41) is 67.1. The van der Waals surface area contributed by atoms with E-state index in [1.807, 2.05) is 31.2 Å². The van der Waals surface area contributed by atoms with Gasteiger partial charge in [-0.15, -0.1) is 0 Å². The molecule has 21 N–H and O–H groups in total. The Labute approximate surface area is 436 Å². The first kappa shape index (κ1) is 60.2. The number of fused-ring (bicyclic) bond motifs is 1. The van der Waals surface area contributed by atoms with E-state index in [2.05, 4.69) is 58.2 Å². The average molecular weight is 1050 g/mol. The van der Waals surface area contributed by atoms with Gasteiger partial charge in [-0.25, -0.2) is 0 Å². The first-order valence-corrected chi connectivity index (χ1v) is 25.5. The molecule has 25 heteroatoms. The first-order valence-electron chi connectivity index (χ1n) is 25.5. The fraction of sp³-hybridized carbons (Fsp3) is 0.540. The molecule has 1 aliphatic heterocycles. The van der Waals surface area contributed by atoms with Crippen molar-refractivity contribution in [3.8, 4) is 0 Å². The lowest BCUT2D eigenvalue weighted by atomic mass is 10.0. The van der Waals surface area contributed by atoms with Crippen molar-refractivity contribution in [2.45, 2.75) is 152 Å². The number of amides is 7. The van der Waals surface area contributed by atoms with Gasteiger partial charge in [-0.1, -0.05) is 68.3 Å². The Kier molecular flexibility index (Phi) is 25.2.